The lowest BCUT2D eigenvalue weighted by Crippen LogP contribution is -2.35. The number of morpholine rings is 1. The molecule has 0 aliphatic carbocycles. The zero-order valence-electron chi connectivity index (χ0n) is 8.99. The summed E-state index contributed by atoms with van der Waals surface area (Å²) in [4.78, 5) is 8.28. The lowest BCUT2D eigenvalue weighted by Gasteiger charge is -2.25. The molecule has 2 heterocycles. The highest BCUT2D eigenvalue weighted by Crippen LogP contribution is 2.25. The summed E-state index contributed by atoms with van der Waals surface area (Å²) >= 11 is 0. The Balaban J connectivity index is 2.31. The van der Waals surface area contributed by atoms with E-state index >= 15 is 0 Å². The number of ether oxygens (including phenoxy) is 2. The van der Waals surface area contributed by atoms with E-state index in [1.807, 2.05) is 6.92 Å². The highest BCUT2D eigenvalue weighted by molar-refractivity contribution is 5.32. The molecule has 0 amide bonds. The molecule has 1 atom stereocenters. The maximum atomic E-state index is 5.42. The van der Waals surface area contributed by atoms with Crippen molar-refractivity contribution in [1.82, 2.24) is 15.3 Å². The first-order valence-electron chi connectivity index (χ1n) is 4.99. The van der Waals surface area contributed by atoms with E-state index in [1.165, 1.54) is 6.33 Å². The molecule has 1 aromatic rings. The van der Waals surface area contributed by atoms with E-state index in [0.29, 0.717) is 12.5 Å². The van der Waals surface area contributed by atoms with Crippen LogP contribution >= 0.6 is 0 Å². The molecule has 1 aliphatic rings. The van der Waals surface area contributed by atoms with Crippen LogP contribution in [-0.2, 0) is 4.74 Å². The van der Waals surface area contributed by atoms with Crippen LogP contribution in [0.25, 0.3) is 0 Å². The van der Waals surface area contributed by atoms with E-state index in [1.54, 1.807) is 7.11 Å². The molecule has 5 heteroatoms. The predicted octanol–water partition coefficient (Wildman–Crippen LogP) is 0.455. The van der Waals surface area contributed by atoms with Crippen molar-refractivity contribution in [2.24, 2.45) is 0 Å². The first-order valence-corrected chi connectivity index (χ1v) is 4.99. The van der Waals surface area contributed by atoms with E-state index in [-0.39, 0.29) is 6.04 Å². The minimum Gasteiger partial charge on any atom is -0.481 e. The number of hydrogen-bond acceptors (Lipinski definition) is 5. The first kappa shape index (κ1) is 10.3. The minimum absolute atomic E-state index is 0.134. The van der Waals surface area contributed by atoms with Crippen LogP contribution in [-0.4, -0.2) is 36.8 Å². The van der Waals surface area contributed by atoms with Gasteiger partial charge in [-0.25, -0.2) is 9.97 Å². The highest BCUT2D eigenvalue weighted by Gasteiger charge is 2.22. The van der Waals surface area contributed by atoms with Crippen LogP contribution in [0, 0.1) is 6.92 Å². The number of methoxy groups -OCH3 is 1. The Morgan fingerprint density at radius 3 is 3.07 bits per heavy atom. The number of rotatable bonds is 2. The molecule has 15 heavy (non-hydrogen) atoms. The van der Waals surface area contributed by atoms with Crippen molar-refractivity contribution in [3.05, 3.63) is 17.6 Å². The quantitative estimate of drug-likeness (QED) is 0.766. The summed E-state index contributed by atoms with van der Waals surface area (Å²) < 4.78 is 10.7. The molecule has 1 unspecified atom stereocenters. The number of hydrogen-bond donors (Lipinski definition) is 1. The summed E-state index contributed by atoms with van der Waals surface area (Å²) in [6.07, 6.45) is 1.52. The second-order valence-corrected chi connectivity index (χ2v) is 3.46. The average Bonchev–Trinajstić information content (AvgIpc) is 2.29. The second-order valence-electron chi connectivity index (χ2n) is 3.46. The monoisotopic (exact) mass is 209 g/mol. The van der Waals surface area contributed by atoms with Crippen molar-refractivity contribution >= 4 is 0 Å². The zero-order valence-corrected chi connectivity index (χ0v) is 8.99. The fraction of sp³-hybridized carbons (Fsp3) is 0.600. The van der Waals surface area contributed by atoms with Crippen molar-refractivity contribution in [3.63, 3.8) is 0 Å². The van der Waals surface area contributed by atoms with Crippen molar-refractivity contribution in [2.75, 3.05) is 26.9 Å². The predicted molar refractivity (Wildman–Crippen MR) is 54.9 cm³/mol. The third kappa shape index (κ3) is 2.08. The largest absolute Gasteiger partial charge is 0.481 e. The van der Waals surface area contributed by atoms with Crippen molar-refractivity contribution in [1.29, 1.82) is 0 Å². The normalized spacial score (nSPS) is 21.3. The molecule has 82 valence electrons. The van der Waals surface area contributed by atoms with Crippen molar-refractivity contribution < 1.29 is 9.47 Å². The van der Waals surface area contributed by atoms with E-state index in [4.69, 9.17) is 9.47 Å². The molecule has 0 bridgehead atoms. The molecule has 5 nitrogen and oxygen atoms in total. The Kier molecular flexibility index (Phi) is 3.13. The topological polar surface area (TPSA) is 56.3 Å². The Hall–Kier alpha value is -1.20. The Labute approximate surface area is 88.8 Å². The number of nitrogens with one attached hydrogen (secondary N) is 1. The van der Waals surface area contributed by atoms with Crippen LogP contribution in [0.5, 0.6) is 5.88 Å². The Morgan fingerprint density at radius 1 is 1.53 bits per heavy atom. The Morgan fingerprint density at radius 2 is 2.40 bits per heavy atom. The summed E-state index contributed by atoms with van der Waals surface area (Å²) in [5.74, 6) is 0.630. The number of aryl methyl sites for hydroxylation is 1. The molecule has 1 fully saturated rings. The van der Waals surface area contributed by atoms with Gasteiger partial charge in [-0.2, -0.15) is 0 Å². The summed E-state index contributed by atoms with van der Waals surface area (Å²) in [5, 5.41) is 3.37. The van der Waals surface area contributed by atoms with E-state index in [2.05, 4.69) is 15.3 Å². The molecule has 1 saturated heterocycles. The summed E-state index contributed by atoms with van der Waals surface area (Å²) in [7, 11) is 1.62. The van der Waals surface area contributed by atoms with Gasteiger partial charge >= 0.3 is 0 Å². The van der Waals surface area contributed by atoms with Gasteiger partial charge in [0.25, 0.3) is 0 Å². The third-order valence-corrected chi connectivity index (χ3v) is 2.51. The molecule has 0 saturated carbocycles. The van der Waals surface area contributed by atoms with Gasteiger partial charge in [0.05, 0.1) is 31.9 Å². The fourth-order valence-corrected chi connectivity index (χ4v) is 1.78. The van der Waals surface area contributed by atoms with Gasteiger partial charge in [0.1, 0.15) is 6.33 Å². The molecule has 1 aliphatic heterocycles. The van der Waals surface area contributed by atoms with E-state index in [9.17, 15) is 0 Å². The molecule has 1 aromatic heterocycles. The SMILES string of the molecule is COc1ncnc(C)c1C1COCCN1. The molecule has 0 aromatic carbocycles. The molecule has 0 radical (unpaired) electrons. The van der Waals surface area contributed by atoms with E-state index < -0.39 is 0 Å². The first-order chi connectivity index (χ1) is 7.33. The van der Waals surface area contributed by atoms with Gasteiger partial charge in [-0.1, -0.05) is 0 Å². The molecule has 0 spiro atoms. The molecule has 1 N–H and O–H groups in total. The van der Waals surface area contributed by atoms with Gasteiger partial charge in [-0.05, 0) is 6.92 Å². The third-order valence-electron chi connectivity index (χ3n) is 2.51. The average molecular weight is 209 g/mol. The summed E-state index contributed by atoms with van der Waals surface area (Å²) in [6, 6.07) is 0.134. The van der Waals surface area contributed by atoms with Crippen LogP contribution in [0.1, 0.15) is 17.3 Å². The van der Waals surface area contributed by atoms with Crippen LogP contribution in [0.3, 0.4) is 0 Å². The lowest BCUT2D eigenvalue weighted by molar-refractivity contribution is 0.0755. The van der Waals surface area contributed by atoms with Crippen LogP contribution < -0.4 is 10.1 Å². The maximum absolute atomic E-state index is 5.42. The lowest BCUT2D eigenvalue weighted by atomic mass is 10.1. The van der Waals surface area contributed by atoms with Gasteiger partial charge in [0.2, 0.25) is 5.88 Å². The van der Waals surface area contributed by atoms with Crippen LogP contribution in [0.4, 0.5) is 0 Å². The van der Waals surface area contributed by atoms with Crippen molar-refractivity contribution in [2.45, 2.75) is 13.0 Å². The molecule has 2 rings (SSSR count). The minimum atomic E-state index is 0.134. The van der Waals surface area contributed by atoms with Crippen LogP contribution in [0.15, 0.2) is 6.33 Å². The summed E-state index contributed by atoms with van der Waals surface area (Å²) in [6.45, 7) is 4.20. The van der Waals surface area contributed by atoms with Crippen LogP contribution in [0.2, 0.25) is 0 Å². The van der Waals surface area contributed by atoms with Gasteiger partial charge < -0.3 is 14.8 Å². The highest BCUT2D eigenvalue weighted by atomic mass is 16.5. The van der Waals surface area contributed by atoms with Gasteiger partial charge in [0.15, 0.2) is 0 Å². The Bertz CT molecular complexity index is 337. The maximum Gasteiger partial charge on any atom is 0.221 e. The summed E-state index contributed by atoms with van der Waals surface area (Å²) in [5.41, 5.74) is 1.93. The smallest absolute Gasteiger partial charge is 0.221 e. The number of nitrogens with zero attached hydrogens (tertiary/aromatic N) is 2. The zero-order chi connectivity index (χ0) is 10.7. The van der Waals surface area contributed by atoms with Gasteiger partial charge in [0, 0.05) is 12.2 Å². The number of aromatic nitrogens is 2. The fourth-order valence-electron chi connectivity index (χ4n) is 1.78. The van der Waals surface area contributed by atoms with Gasteiger partial charge in [-0.3, -0.25) is 0 Å². The molecular formula is C10H15N3O2. The van der Waals surface area contributed by atoms with E-state index in [0.717, 1.165) is 24.4 Å². The van der Waals surface area contributed by atoms with Crippen molar-refractivity contribution in [3.8, 4) is 5.88 Å². The molecular weight excluding hydrogens is 194 g/mol. The standard InChI is InChI=1S/C10H15N3O2/c1-7-9(8-5-15-4-3-11-8)10(14-2)13-6-12-7/h6,8,11H,3-5H2,1-2H3. The second kappa shape index (κ2) is 4.55. The van der Waals surface area contributed by atoms with Gasteiger partial charge in [-0.15, -0.1) is 0 Å².